The van der Waals surface area contributed by atoms with E-state index in [1.54, 1.807) is 6.08 Å². The average molecular weight is 489 g/mol. The highest BCUT2D eigenvalue weighted by molar-refractivity contribution is 5.33. The molecule has 0 aromatic carbocycles. The number of hydrogen-bond acceptors (Lipinski definition) is 4. The van der Waals surface area contributed by atoms with Gasteiger partial charge in [0, 0.05) is 0 Å². The lowest BCUT2D eigenvalue weighted by atomic mass is 9.56. The second kappa shape index (κ2) is 20.9. The van der Waals surface area contributed by atoms with Crippen LogP contribution in [0.3, 0.4) is 0 Å². The summed E-state index contributed by atoms with van der Waals surface area (Å²) in [7, 11) is 0. The zero-order valence-corrected chi connectivity index (χ0v) is 23.5. The third-order valence-electron chi connectivity index (χ3n) is 8.72. The maximum absolute atomic E-state index is 11.6. The average Bonchev–Trinajstić information content (AvgIpc) is 2.88. The van der Waals surface area contributed by atoms with E-state index in [-0.39, 0.29) is 6.04 Å². The summed E-state index contributed by atoms with van der Waals surface area (Å²) >= 11 is 0. The van der Waals surface area contributed by atoms with Crippen LogP contribution in [0.2, 0.25) is 0 Å². The molecule has 1 fully saturated rings. The summed E-state index contributed by atoms with van der Waals surface area (Å²) in [5.74, 6) is 1.12. The molecule has 0 bridgehead atoms. The fraction of sp³-hybridized carbons (Fsp3) is 0.935. The standard InChI is InChI=1S/C31H56N2O2/c1-4-7-9-11-13-20-28(30(33-27-35)21-14-10-8-5-2)29(19-6-3)31(22-15-12-16-23-31)24-17-18-25-32-26-34/h28-30H,4-25H2,1-3H3. The van der Waals surface area contributed by atoms with Crippen LogP contribution in [0.15, 0.2) is 9.98 Å². The van der Waals surface area contributed by atoms with Crippen molar-refractivity contribution in [1.82, 2.24) is 0 Å². The van der Waals surface area contributed by atoms with Crippen molar-refractivity contribution < 1.29 is 9.59 Å². The van der Waals surface area contributed by atoms with Gasteiger partial charge in [0.1, 0.15) is 0 Å². The van der Waals surface area contributed by atoms with Crippen LogP contribution in [-0.2, 0) is 9.59 Å². The molecule has 0 heterocycles. The van der Waals surface area contributed by atoms with Gasteiger partial charge in [-0.3, -0.25) is 0 Å². The Labute approximate surface area is 217 Å². The van der Waals surface area contributed by atoms with Gasteiger partial charge in [0.15, 0.2) is 0 Å². The Balaban J connectivity index is 3.17. The predicted octanol–water partition coefficient (Wildman–Crippen LogP) is 9.51. The van der Waals surface area contributed by atoms with E-state index < -0.39 is 0 Å². The Morgan fingerprint density at radius 2 is 1.34 bits per heavy atom. The summed E-state index contributed by atoms with van der Waals surface area (Å²) in [6.07, 6.45) is 29.7. The molecule has 202 valence electrons. The minimum atomic E-state index is 0.130. The third kappa shape index (κ3) is 12.5. The summed E-state index contributed by atoms with van der Waals surface area (Å²) in [4.78, 5) is 30.4. The SMILES string of the molecule is CCCCCCCC(C(CCCCCC)N=C=O)C(CCC)C1(CCCCN=C=O)CCCCC1. The Hall–Kier alpha value is -1.24. The van der Waals surface area contributed by atoms with Gasteiger partial charge < -0.3 is 0 Å². The summed E-state index contributed by atoms with van der Waals surface area (Å²) in [6, 6.07) is 0.130. The lowest BCUT2D eigenvalue weighted by Crippen LogP contribution is -2.41. The van der Waals surface area contributed by atoms with Crippen molar-refractivity contribution in [2.24, 2.45) is 27.2 Å². The largest absolute Gasteiger partial charge is 0.235 e. The number of unbranched alkanes of at least 4 members (excludes halogenated alkanes) is 8. The van der Waals surface area contributed by atoms with Crippen molar-refractivity contribution in [2.45, 2.75) is 162 Å². The quantitative estimate of drug-likeness (QED) is 0.0865. The van der Waals surface area contributed by atoms with Crippen LogP contribution in [0.4, 0.5) is 0 Å². The fourth-order valence-corrected chi connectivity index (χ4v) is 6.93. The van der Waals surface area contributed by atoms with E-state index in [1.165, 1.54) is 116 Å². The molecule has 0 radical (unpaired) electrons. The van der Waals surface area contributed by atoms with Gasteiger partial charge in [-0.2, -0.15) is 0 Å². The first kappa shape index (κ1) is 31.8. The first-order chi connectivity index (χ1) is 17.2. The normalized spacial score (nSPS) is 17.7. The number of carbonyl (C=O) groups excluding carboxylic acids is 2. The number of rotatable bonds is 22. The molecule has 1 rings (SSSR count). The highest BCUT2D eigenvalue weighted by atomic mass is 16.1. The van der Waals surface area contributed by atoms with Crippen LogP contribution in [0, 0.1) is 17.3 Å². The van der Waals surface area contributed by atoms with Crippen molar-refractivity contribution in [1.29, 1.82) is 0 Å². The molecule has 3 atom stereocenters. The van der Waals surface area contributed by atoms with Gasteiger partial charge in [0.05, 0.1) is 12.6 Å². The number of nitrogens with zero attached hydrogens (tertiary/aromatic N) is 2. The maximum atomic E-state index is 11.6. The summed E-state index contributed by atoms with van der Waals surface area (Å²) in [5.41, 5.74) is 0.354. The van der Waals surface area contributed by atoms with Crippen LogP contribution in [0.5, 0.6) is 0 Å². The monoisotopic (exact) mass is 488 g/mol. The number of hydrogen-bond donors (Lipinski definition) is 0. The molecular formula is C31H56N2O2. The Kier molecular flexibility index (Phi) is 19.0. The summed E-state index contributed by atoms with van der Waals surface area (Å²) in [6.45, 7) is 7.47. The van der Waals surface area contributed by atoms with E-state index >= 15 is 0 Å². The van der Waals surface area contributed by atoms with Crippen LogP contribution in [0.1, 0.15) is 156 Å². The molecule has 1 saturated carbocycles. The molecule has 4 nitrogen and oxygen atoms in total. The highest BCUT2D eigenvalue weighted by Gasteiger charge is 2.44. The van der Waals surface area contributed by atoms with Crippen LogP contribution >= 0.6 is 0 Å². The molecule has 0 amide bonds. The topological polar surface area (TPSA) is 58.9 Å². The molecule has 35 heavy (non-hydrogen) atoms. The van der Waals surface area contributed by atoms with E-state index in [2.05, 4.69) is 30.8 Å². The van der Waals surface area contributed by atoms with Crippen molar-refractivity contribution >= 4 is 12.2 Å². The van der Waals surface area contributed by atoms with Crippen molar-refractivity contribution in [3.8, 4) is 0 Å². The molecule has 0 aromatic rings. The Morgan fingerprint density at radius 3 is 1.97 bits per heavy atom. The lowest BCUT2D eigenvalue weighted by Gasteiger charge is -2.49. The predicted molar refractivity (Wildman–Crippen MR) is 148 cm³/mol. The fourth-order valence-electron chi connectivity index (χ4n) is 6.93. The zero-order valence-electron chi connectivity index (χ0n) is 23.5. The van der Waals surface area contributed by atoms with Gasteiger partial charge in [-0.1, -0.05) is 111 Å². The smallest absolute Gasteiger partial charge is 0.211 e. The first-order valence-electron chi connectivity index (χ1n) is 15.3. The maximum Gasteiger partial charge on any atom is 0.235 e. The molecule has 0 aliphatic heterocycles. The second-order valence-corrected chi connectivity index (χ2v) is 11.3. The Bertz CT molecular complexity index is 601. The molecule has 0 spiro atoms. The second-order valence-electron chi connectivity index (χ2n) is 11.3. The van der Waals surface area contributed by atoms with E-state index in [0.717, 1.165) is 19.3 Å². The summed E-state index contributed by atoms with van der Waals surface area (Å²) in [5, 5.41) is 0. The van der Waals surface area contributed by atoms with Crippen molar-refractivity contribution in [3.63, 3.8) is 0 Å². The minimum Gasteiger partial charge on any atom is -0.211 e. The Morgan fingerprint density at radius 1 is 0.686 bits per heavy atom. The van der Waals surface area contributed by atoms with E-state index in [0.29, 0.717) is 23.8 Å². The highest BCUT2D eigenvalue weighted by Crippen LogP contribution is 2.53. The van der Waals surface area contributed by atoms with Gasteiger partial charge in [0.2, 0.25) is 12.2 Å². The zero-order chi connectivity index (χ0) is 25.6. The first-order valence-corrected chi connectivity index (χ1v) is 15.3. The third-order valence-corrected chi connectivity index (χ3v) is 8.72. The molecule has 4 heteroatoms. The molecular weight excluding hydrogens is 432 g/mol. The van der Waals surface area contributed by atoms with E-state index in [9.17, 15) is 9.59 Å². The summed E-state index contributed by atoms with van der Waals surface area (Å²) < 4.78 is 0. The molecule has 1 aliphatic rings. The molecule has 1 aliphatic carbocycles. The van der Waals surface area contributed by atoms with Crippen LogP contribution < -0.4 is 0 Å². The van der Waals surface area contributed by atoms with Crippen LogP contribution in [-0.4, -0.2) is 24.7 Å². The number of isocyanates is 2. The molecule has 0 aromatic heterocycles. The lowest BCUT2D eigenvalue weighted by molar-refractivity contribution is 0.0195. The van der Waals surface area contributed by atoms with E-state index in [1.807, 2.05) is 6.08 Å². The van der Waals surface area contributed by atoms with Gasteiger partial charge in [-0.25, -0.2) is 19.6 Å². The minimum absolute atomic E-state index is 0.130. The molecule has 0 N–H and O–H groups in total. The number of aliphatic imine (C=N–C) groups is 2. The van der Waals surface area contributed by atoms with E-state index in [4.69, 9.17) is 0 Å². The van der Waals surface area contributed by atoms with Gasteiger partial charge in [0.25, 0.3) is 0 Å². The van der Waals surface area contributed by atoms with Crippen LogP contribution in [0.25, 0.3) is 0 Å². The molecule has 3 unspecified atom stereocenters. The van der Waals surface area contributed by atoms with Gasteiger partial charge >= 0.3 is 0 Å². The van der Waals surface area contributed by atoms with Gasteiger partial charge in [-0.05, 0) is 62.2 Å². The van der Waals surface area contributed by atoms with Gasteiger partial charge in [-0.15, -0.1) is 0 Å². The molecule has 0 saturated heterocycles. The van der Waals surface area contributed by atoms with Crippen molar-refractivity contribution in [2.75, 3.05) is 6.54 Å². The van der Waals surface area contributed by atoms with Crippen molar-refractivity contribution in [3.05, 3.63) is 0 Å².